The fraction of sp³-hybridized carbons (Fsp3) is 0.222. The van der Waals surface area contributed by atoms with E-state index in [0.717, 1.165) is 17.5 Å². The molecule has 0 aliphatic rings. The van der Waals surface area contributed by atoms with E-state index >= 15 is 0 Å². The monoisotopic (exact) mass is 355 g/mol. The molecule has 0 saturated carbocycles. The summed E-state index contributed by atoms with van der Waals surface area (Å²) in [6.45, 7) is 3.93. The van der Waals surface area contributed by atoms with Crippen molar-refractivity contribution in [2.45, 2.75) is 26.8 Å². The molecule has 0 unspecified atom stereocenters. The van der Waals surface area contributed by atoms with Gasteiger partial charge in [-0.2, -0.15) is 4.80 Å². The summed E-state index contributed by atoms with van der Waals surface area (Å²) in [5.41, 5.74) is 3.61. The average molecular weight is 356 g/mol. The predicted molar refractivity (Wildman–Crippen MR) is 97.4 cm³/mol. The first-order valence-corrected chi connectivity index (χ1v) is 8.36. The highest BCUT2D eigenvalue weighted by Gasteiger charge is 2.11. The molecule has 1 amide bonds. The van der Waals surface area contributed by atoms with Crippen LogP contribution in [0.5, 0.6) is 0 Å². The largest absolute Gasteiger partial charge is 0.324 e. The first kappa shape index (κ1) is 17.1. The standard InChI is InChI=1S/C18H18ClN5O/c1-3-13-7-9-14(10-8-13)18-21-23-24(22-18)11-17(25)20-16-6-4-5-15(19)12(16)2/h4-10H,3,11H2,1-2H3,(H,20,25). The molecule has 0 radical (unpaired) electrons. The third-order valence-corrected chi connectivity index (χ3v) is 4.31. The Morgan fingerprint density at radius 3 is 2.68 bits per heavy atom. The number of amides is 1. The van der Waals surface area contributed by atoms with Gasteiger partial charge in [0.05, 0.1) is 0 Å². The number of nitrogens with zero attached hydrogens (tertiary/aromatic N) is 4. The maximum atomic E-state index is 12.2. The molecular formula is C18H18ClN5O. The number of carbonyl (C=O) groups excluding carboxylic acids is 1. The van der Waals surface area contributed by atoms with E-state index in [1.54, 1.807) is 18.2 Å². The summed E-state index contributed by atoms with van der Waals surface area (Å²) in [4.78, 5) is 13.5. The van der Waals surface area contributed by atoms with Crippen LogP contribution in [0.4, 0.5) is 5.69 Å². The van der Waals surface area contributed by atoms with Crippen molar-refractivity contribution in [3.05, 3.63) is 58.6 Å². The Balaban J connectivity index is 1.68. The number of aromatic nitrogens is 4. The number of halogens is 1. The minimum Gasteiger partial charge on any atom is -0.324 e. The first-order chi connectivity index (χ1) is 12.1. The van der Waals surface area contributed by atoms with Gasteiger partial charge in [-0.05, 0) is 41.8 Å². The van der Waals surface area contributed by atoms with E-state index in [-0.39, 0.29) is 12.5 Å². The number of aryl methyl sites for hydroxylation is 1. The van der Waals surface area contributed by atoms with E-state index in [1.165, 1.54) is 10.4 Å². The van der Waals surface area contributed by atoms with Gasteiger partial charge in [0.25, 0.3) is 0 Å². The van der Waals surface area contributed by atoms with E-state index in [9.17, 15) is 4.79 Å². The van der Waals surface area contributed by atoms with Crippen molar-refractivity contribution in [3.63, 3.8) is 0 Å². The van der Waals surface area contributed by atoms with Crippen LogP contribution < -0.4 is 5.32 Å². The normalized spacial score (nSPS) is 10.7. The number of nitrogens with one attached hydrogen (secondary N) is 1. The van der Waals surface area contributed by atoms with Crippen LogP contribution in [0.3, 0.4) is 0 Å². The SMILES string of the molecule is CCc1ccc(-c2nnn(CC(=O)Nc3cccc(Cl)c3C)n2)cc1. The molecule has 2 aromatic carbocycles. The lowest BCUT2D eigenvalue weighted by molar-refractivity contribution is -0.117. The minimum absolute atomic E-state index is 0.0218. The average Bonchev–Trinajstić information content (AvgIpc) is 3.07. The quantitative estimate of drug-likeness (QED) is 0.760. The molecule has 0 aliphatic carbocycles. The zero-order valence-electron chi connectivity index (χ0n) is 14.0. The van der Waals surface area contributed by atoms with Gasteiger partial charge in [0.15, 0.2) is 0 Å². The second-order valence-electron chi connectivity index (χ2n) is 5.65. The van der Waals surface area contributed by atoms with Crippen molar-refractivity contribution < 1.29 is 4.79 Å². The predicted octanol–water partition coefficient (Wildman–Crippen LogP) is 3.50. The summed E-state index contributed by atoms with van der Waals surface area (Å²) in [7, 11) is 0. The second-order valence-corrected chi connectivity index (χ2v) is 6.06. The Kier molecular flexibility index (Phi) is 5.09. The summed E-state index contributed by atoms with van der Waals surface area (Å²) in [5, 5.41) is 15.6. The van der Waals surface area contributed by atoms with E-state index < -0.39 is 0 Å². The van der Waals surface area contributed by atoms with Crippen LogP contribution in [0, 0.1) is 6.92 Å². The highest BCUT2D eigenvalue weighted by Crippen LogP contribution is 2.22. The molecule has 7 heteroatoms. The fourth-order valence-corrected chi connectivity index (χ4v) is 2.55. The molecule has 1 heterocycles. The number of tetrazole rings is 1. The lowest BCUT2D eigenvalue weighted by Crippen LogP contribution is -2.21. The first-order valence-electron chi connectivity index (χ1n) is 7.99. The van der Waals surface area contributed by atoms with Crippen LogP contribution in [-0.4, -0.2) is 26.1 Å². The Morgan fingerprint density at radius 2 is 1.96 bits per heavy atom. The fourth-order valence-electron chi connectivity index (χ4n) is 2.38. The van der Waals surface area contributed by atoms with Crippen LogP contribution in [0.25, 0.3) is 11.4 Å². The van der Waals surface area contributed by atoms with Crippen LogP contribution in [0.15, 0.2) is 42.5 Å². The van der Waals surface area contributed by atoms with Gasteiger partial charge in [-0.15, -0.1) is 10.2 Å². The maximum absolute atomic E-state index is 12.2. The summed E-state index contributed by atoms with van der Waals surface area (Å²) in [6, 6.07) is 13.3. The number of hydrogen-bond donors (Lipinski definition) is 1. The molecule has 128 valence electrons. The Morgan fingerprint density at radius 1 is 1.20 bits per heavy atom. The van der Waals surface area contributed by atoms with Crippen molar-refractivity contribution in [1.82, 2.24) is 20.2 Å². The molecule has 3 aromatic rings. The van der Waals surface area contributed by atoms with Gasteiger partial charge in [-0.1, -0.05) is 48.9 Å². The minimum atomic E-state index is -0.240. The Hall–Kier alpha value is -2.73. The van der Waals surface area contributed by atoms with Crippen LogP contribution in [-0.2, 0) is 17.8 Å². The van der Waals surface area contributed by atoms with Gasteiger partial charge >= 0.3 is 0 Å². The number of anilines is 1. The number of benzene rings is 2. The van der Waals surface area contributed by atoms with Crippen molar-refractivity contribution in [2.75, 3.05) is 5.32 Å². The third kappa shape index (κ3) is 4.03. The van der Waals surface area contributed by atoms with Gasteiger partial charge < -0.3 is 5.32 Å². The van der Waals surface area contributed by atoms with E-state index in [0.29, 0.717) is 16.5 Å². The van der Waals surface area contributed by atoms with Crippen molar-refractivity contribution in [3.8, 4) is 11.4 Å². The molecule has 1 aromatic heterocycles. The Labute approximate surface area is 150 Å². The molecule has 0 bridgehead atoms. The molecule has 0 aliphatic heterocycles. The highest BCUT2D eigenvalue weighted by atomic mass is 35.5. The van der Waals surface area contributed by atoms with Gasteiger partial charge in [-0.3, -0.25) is 4.79 Å². The molecule has 0 atom stereocenters. The van der Waals surface area contributed by atoms with Gasteiger partial charge in [0.2, 0.25) is 11.7 Å². The number of rotatable bonds is 5. The van der Waals surface area contributed by atoms with Crippen LogP contribution in [0.2, 0.25) is 5.02 Å². The van der Waals surface area contributed by atoms with Crippen molar-refractivity contribution in [2.24, 2.45) is 0 Å². The van der Waals surface area contributed by atoms with E-state index in [2.05, 4.69) is 27.7 Å². The lowest BCUT2D eigenvalue weighted by Gasteiger charge is -2.08. The maximum Gasteiger partial charge on any atom is 0.248 e. The molecule has 25 heavy (non-hydrogen) atoms. The molecule has 1 N–H and O–H groups in total. The Bertz CT molecular complexity index is 889. The summed E-state index contributed by atoms with van der Waals surface area (Å²) in [5.74, 6) is 0.255. The van der Waals surface area contributed by atoms with E-state index in [4.69, 9.17) is 11.6 Å². The molecule has 0 spiro atoms. The van der Waals surface area contributed by atoms with Gasteiger partial charge in [-0.25, -0.2) is 0 Å². The summed E-state index contributed by atoms with van der Waals surface area (Å²) < 4.78 is 0. The molecular weight excluding hydrogens is 338 g/mol. The second kappa shape index (κ2) is 7.44. The van der Waals surface area contributed by atoms with Crippen molar-refractivity contribution >= 4 is 23.2 Å². The van der Waals surface area contributed by atoms with Crippen LogP contribution in [0.1, 0.15) is 18.1 Å². The number of hydrogen-bond acceptors (Lipinski definition) is 4. The third-order valence-electron chi connectivity index (χ3n) is 3.90. The van der Waals surface area contributed by atoms with Gasteiger partial charge in [0.1, 0.15) is 6.54 Å². The molecule has 6 nitrogen and oxygen atoms in total. The zero-order chi connectivity index (χ0) is 17.8. The molecule has 0 saturated heterocycles. The smallest absolute Gasteiger partial charge is 0.248 e. The molecule has 3 rings (SSSR count). The number of carbonyl (C=O) groups is 1. The van der Waals surface area contributed by atoms with Crippen LogP contribution >= 0.6 is 11.6 Å². The summed E-state index contributed by atoms with van der Waals surface area (Å²) in [6.07, 6.45) is 0.976. The topological polar surface area (TPSA) is 72.7 Å². The highest BCUT2D eigenvalue weighted by molar-refractivity contribution is 6.31. The summed E-state index contributed by atoms with van der Waals surface area (Å²) >= 11 is 6.06. The zero-order valence-corrected chi connectivity index (χ0v) is 14.8. The lowest BCUT2D eigenvalue weighted by atomic mass is 10.1. The van der Waals surface area contributed by atoms with E-state index in [1.807, 2.05) is 31.2 Å². The molecule has 0 fully saturated rings. The van der Waals surface area contributed by atoms with Crippen molar-refractivity contribution in [1.29, 1.82) is 0 Å². The van der Waals surface area contributed by atoms with Gasteiger partial charge in [0, 0.05) is 16.3 Å².